The predicted molar refractivity (Wildman–Crippen MR) is 65.6 cm³/mol. The molecule has 0 aliphatic carbocycles. The summed E-state index contributed by atoms with van der Waals surface area (Å²) >= 11 is 0.990. The summed E-state index contributed by atoms with van der Waals surface area (Å²) in [6.45, 7) is 0. The van der Waals surface area contributed by atoms with Crippen LogP contribution in [0.1, 0.15) is 0 Å². The Morgan fingerprint density at radius 3 is 2.67 bits per heavy atom. The van der Waals surface area contributed by atoms with Crippen molar-refractivity contribution >= 4 is 11.3 Å². The van der Waals surface area contributed by atoms with Gasteiger partial charge in [-0.1, -0.05) is 12.1 Å². The Bertz CT molecular complexity index is 688. The zero-order valence-electron chi connectivity index (χ0n) is 9.10. The first-order chi connectivity index (χ1) is 8.75. The highest BCUT2D eigenvalue weighted by molar-refractivity contribution is 7.13. The molecule has 0 N–H and O–H groups in total. The molecule has 0 aliphatic heterocycles. The first kappa shape index (κ1) is 11.1. The lowest BCUT2D eigenvalue weighted by Crippen LogP contribution is -2.00. The smallest absolute Gasteiger partial charge is 0.177 e. The maximum absolute atomic E-state index is 13.7. The highest BCUT2D eigenvalue weighted by Crippen LogP contribution is 2.29. The van der Waals surface area contributed by atoms with Crippen molar-refractivity contribution in [3.63, 3.8) is 0 Å². The van der Waals surface area contributed by atoms with Gasteiger partial charge in [-0.25, -0.2) is 9.07 Å². The molecule has 3 rings (SSSR count). The second-order valence-corrected chi connectivity index (χ2v) is 4.66. The van der Waals surface area contributed by atoms with Crippen molar-refractivity contribution in [2.24, 2.45) is 0 Å². The standard InChI is InChI=1S/C13H7F2N2S/c14-9-3-1-2-4-10(9)17-11(7-8-16-17)12-5-6-13(15)18-12/h1-7H. The average molecular weight is 261 g/mol. The van der Waals surface area contributed by atoms with Crippen molar-refractivity contribution in [3.05, 3.63) is 59.6 Å². The van der Waals surface area contributed by atoms with Gasteiger partial charge in [-0.05, 0) is 30.3 Å². The zero-order chi connectivity index (χ0) is 12.5. The molecule has 2 heterocycles. The maximum atomic E-state index is 13.7. The lowest BCUT2D eigenvalue weighted by molar-refractivity contribution is 0.611. The van der Waals surface area contributed by atoms with Crippen LogP contribution in [0.4, 0.5) is 8.78 Å². The molecule has 0 amide bonds. The van der Waals surface area contributed by atoms with Crippen molar-refractivity contribution < 1.29 is 8.78 Å². The average Bonchev–Trinajstić information content (AvgIpc) is 2.98. The van der Waals surface area contributed by atoms with Gasteiger partial charge in [0.05, 0.1) is 10.6 Å². The van der Waals surface area contributed by atoms with Gasteiger partial charge in [0.2, 0.25) is 0 Å². The van der Waals surface area contributed by atoms with Crippen molar-refractivity contribution in [3.8, 4) is 16.3 Å². The lowest BCUT2D eigenvalue weighted by Gasteiger charge is -2.06. The zero-order valence-corrected chi connectivity index (χ0v) is 9.92. The number of hydrogen-bond acceptors (Lipinski definition) is 2. The first-order valence-corrected chi connectivity index (χ1v) is 6.04. The third-order valence-corrected chi connectivity index (χ3v) is 3.39. The molecule has 2 nitrogen and oxygen atoms in total. The molecule has 0 saturated heterocycles. The molecule has 18 heavy (non-hydrogen) atoms. The minimum absolute atomic E-state index is 0.286. The third kappa shape index (κ3) is 1.82. The Balaban J connectivity index is 2.15. The molecule has 1 aromatic carbocycles. The van der Waals surface area contributed by atoms with Crippen molar-refractivity contribution in [1.82, 2.24) is 9.78 Å². The Hall–Kier alpha value is -2.01. The SMILES string of the molecule is Fc1ccc(-c2c[c]nn2-c2ccccc2F)s1. The van der Waals surface area contributed by atoms with E-state index >= 15 is 0 Å². The van der Waals surface area contributed by atoms with Gasteiger partial charge < -0.3 is 0 Å². The van der Waals surface area contributed by atoms with E-state index in [1.54, 1.807) is 30.3 Å². The van der Waals surface area contributed by atoms with Gasteiger partial charge in [0, 0.05) is 0 Å². The van der Waals surface area contributed by atoms with Crippen LogP contribution in [0.15, 0.2) is 42.5 Å². The molecule has 0 unspecified atom stereocenters. The number of thiophene rings is 1. The Morgan fingerprint density at radius 2 is 1.94 bits per heavy atom. The monoisotopic (exact) mass is 261 g/mol. The first-order valence-electron chi connectivity index (χ1n) is 5.22. The quantitative estimate of drug-likeness (QED) is 0.688. The molecule has 0 bridgehead atoms. The molecule has 3 aromatic rings. The van der Waals surface area contributed by atoms with E-state index < -0.39 is 0 Å². The summed E-state index contributed by atoms with van der Waals surface area (Å²) in [6, 6.07) is 10.9. The van der Waals surface area contributed by atoms with Crippen LogP contribution in [0, 0.1) is 17.1 Å². The normalized spacial score (nSPS) is 10.8. The van der Waals surface area contributed by atoms with Crippen LogP contribution in [0.2, 0.25) is 0 Å². The van der Waals surface area contributed by atoms with E-state index in [9.17, 15) is 8.78 Å². The molecular weight excluding hydrogens is 254 g/mol. The van der Waals surface area contributed by atoms with E-state index in [1.165, 1.54) is 16.8 Å². The third-order valence-electron chi connectivity index (χ3n) is 2.49. The van der Waals surface area contributed by atoms with Crippen LogP contribution in [0.25, 0.3) is 16.3 Å². The Kier molecular flexibility index (Phi) is 2.68. The lowest BCUT2D eigenvalue weighted by atomic mass is 10.3. The second-order valence-electron chi connectivity index (χ2n) is 3.63. The minimum atomic E-state index is -0.382. The summed E-state index contributed by atoms with van der Waals surface area (Å²) in [5, 5.41) is 3.68. The molecule has 89 valence electrons. The molecule has 0 fully saturated rings. The summed E-state index contributed by atoms with van der Waals surface area (Å²) in [6.07, 6.45) is 2.66. The molecule has 0 spiro atoms. The number of aromatic nitrogens is 2. The van der Waals surface area contributed by atoms with Crippen molar-refractivity contribution in [2.75, 3.05) is 0 Å². The molecule has 0 atom stereocenters. The summed E-state index contributed by atoms with van der Waals surface area (Å²) in [7, 11) is 0. The Morgan fingerprint density at radius 1 is 1.11 bits per heavy atom. The molecule has 0 aliphatic rings. The van der Waals surface area contributed by atoms with Crippen LogP contribution in [0.5, 0.6) is 0 Å². The van der Waals surface area contributed by atoms with Gasteiger partial charge >= 0.3 is 0 Å². The molecule has 0 saturated carbocycles. The predicted octanol–water partition coefficient (Wildman–Crippen LogP) is 3.68. The van der Waals surface area contributed by atoms with Gasteiger partial charge in [-0.15, -0.1) is 11.3 Å². The Labute approximate surface area is 106 Å². The largest absolute Gasteiger partial charge is 0.229 e. The summed E-state index contributed by atoms with van der Waals surface area (Å²) in [5.74, 6) is -0.382. The highest BCUT2D eigenvalue weighted by Gasteiger charge is 2.12. The molecule has 2 aromatic heterocycles. The number of nitrogens with zero attached hydrogens (tertiary/aromatic N) is 2. The van der Waals surface area contributed by atoms with E-state index in [0.717, 1.165) is 11.3 Å². The van der Waals surface area contributed by atoms with Crippen LogP contribution in [0.3, 0.4) is 0 Å². The number of para-hydroxylation sites is 1. The molecule has 5 heteroatoms. The summed E-state index contributed by atoms with van der Waals surface area (Å²) < 4.78 is 28.2. The second kappa shape index (κ2) is 4.34. The van der Waals surface area contributed by atoms with Gasteiger partial charge in [-0.2, -0.15) is 9.49 Å². The number of halogens is 2. The fourth-order valence-electron chi connectivity index (χ4n) is 1.70. The molecular formula is C13H7F2N2S. The maximum Gasteiger partial charge on any atom is 0.177 e. The van der Waals surface area contributed by atoms with E-state index in [4.69, 9.17) is 0 Å². The van der Waals surface area contributed by atoms with Crippen LogP contribution in [-0.2, 0) is 0 Å². The molecule has 1 radical (unpaired) electrons. The van der Waals surface area contributed by atoms with Gasteiger partial charge in [-0.3, -0.25) is 0 Å². The van der Waals surface area contributed by atoms with E-state index in [-0.39, 0.29) is 10.9 Å². The van der Waals surface area contributed by atoms with E-state index in [0.29, 0.717) is 16.3 Å². The summed E-state index contributed by atoms with van der Waals surface area (Å²) in [5.41, 5.74) is 0.941. The fourth-order valence-corrected chi connectivity index (χ4v) is 2.43. The highest BCUT2D eigenvalue weighted by atomic mass is 32.1. The van der Waals surface area contributed by atoms with Gasteiger partial charge in [0.15, 0.2) is 5.13 Å². The van der Waals surface area contributed by atoms with Crippen LogP contribution in [-0.4, -0.2) is 9.78 Å². The number of hydrogen-bond donors (Lipinski definition) is 0. The van der Waals surface area contributed by atoms with Gasteiger partial charge in [0.1, 0.15) is 17.7 Å². The van der Waals surface area contributed by atoms with Crippen molar-refractivity contribution in [2.45, 2.75) is 0 Å². The fraction of sp³-hybridized carbons (Fsp3) is 0. The summed E-state index contributed by atoms with van der Waals surface area (Å²) in [4.78, 5) is 0.685. The van der Waals surface area contributed by atoms with Crippen LogP contribution < -0.4 is 0 Å². The topological polar surface area (TPSA) is 17.8 Å². The van der Waals surface area contributed by atoms with Crippen LogP contribution >= 0.6 is 11.3 Å². The van der Waals surface area contributed by atoms with Crippen molar-refractivity contribution in [1.29, 1.82) is 0 Å². The van der Waals surface area contributed by atoms with E-state index in [1.807, 2.05) is 0 Å². The van der Waals surface area contributed by atoms with E-state index in [2.05, 4.69) is 11.3 Å². The van der Waals surface area contributed by atoms with Gasteiger partial charge in [0.25, 0.3) is 0 Å². The number of rotatable bonds is 2. The minimum Gasteiger partial charge on any atom is -0.229 e. The number of benzene rings is 1.